The van der Waals surface area contributed by atoms with Crippen LogP contribution in [0.5, 0.6) is 0 Å². The predicted octanol–water partition coefficient (Wildman–Crippen LogP) is 0.972. The first kappa shape index (κ1) is 10.5. The Balaban J connectivity index is 2.50. The number of piperazine rings is 1. The van der Waals surface area contributed by atoms with Crippen LogP contribution in [-0.2, 0) is 0 Å². The lowest BCUT2D eigenvalue weighted by Crippen LogP contribution is -2.53. The predicted molar refractivity (Wildman–Crippen MR) is 53.3 cm³/mol. The van der Waals surface area contributed by atoms with Gasteiger partial charge in [0.1, 0.15) is 0 Å². The molecule has 0 saturated carbocycles. The van der Waals surface area contributed by atoms with E-state index in [0.717, 1.165) is 26.1 Å². The van der Waals surface area contributed by atoms with Gasteiger partial charge in [-0.3, -0.25) is 4.90 Å². The standard InChI is InChI=1S/C10H19N3/c1-3-10(4-5-11)13-7-6-12-8-9(13)2/h9-10,12H,3-4,6-8H2,1-2H3. The summed E-state index contributed by atoms with van der Waals surface area (Å²) in [5.41, 5.74) is 0. The molecule has 0 aliphatic carbocycles. The Kier molecular flexibility index (Phi) is 4.20. The van der Waals surface area contributed by atoms with Crippen molar-refractivity contribution < 1.29 is 0 Å². The SMILES string of the molecule is CCC(CC#N)N1CCNCC1C. The molecule has 0 amide bonds. The Hall–Kier alpha value is -0.590. The Labute approximate surface area is 80.7 Å². The fraction of sp³-hybridized carbons (Fsp3) is 0.900. The van der Waals surface area contributed by atoms with Crippen LogP contribution >= 0.6 is 0 Å². The molecule has 3 heteroatoms. The first-order valence-electron chi connectivity index (χ1n) is 5.13. The summed E-state index contributed by atoms with van der Waals surface area (Å²) >= 11 is 0. The van der Waals surface area contributed by atoms with Crippen LogP contribution in [0.1, 0.15) is 26.7 Å². The van der Waals surface area contributed by atoms with E-state index in [1.54, 1.807) is 0 Å². The third-order valence-electron chi connectivity index (χ3n) is 2.82. The van der Waals surface area contributed by atoms with Crippen molar-refractivity contribution in [3.63, 3.8) is 0 Å². The molecule has 0 aromatic heterocycles. The minimum atomic E-state index is 0.460. The number of rotatable bonds is 3. The van der Waals surface area contributed by atoms with Crippen molar-refractivity contribution in [2.75, 3.05) is 19.6 Å². The van der Waals surface area contributed by atoms with Crippen LogP contribution in [0.25, 0.3) is 0 Å². The molecule has 0 aromatic carbocycles. The maximum atomic E-state index is 8.69. The zero-order valence-electron chi connectivity index (χ0n) is 8.58. The van der Waals surface area contributed by atoms with Crippen molar-refractivity contribution in [3.8, 4) is 6.07 Å². The van der Waals surface area contributed by atoms with Gasteiger partial charge in [-0.15, -0.1) is 0 Å². The lowest BCUT2D eigenvalue weighted by atomic mass is 10.1. The smallest absolute Gasteiger partial charge is 0.0638 e. The van der Waals surface area contributed by atoms with Gasteiger partial charge in [-0.1, -0.05) is 6.92 Å². The number of nitrogens with zero attached hydrogens (tertiary/aromatic N) is 2. The van der Waals surface area contributed by atoms with E-state index in [9.17, 15) is 0 Å². The lowest BCUT2D eigenvalue weighted by molar-refractivity contribution is 0.115. The van der Waals surface area contributed by atoms with Crippen molar-refractivity contribution in [2.45, 2.75) is 38.8 Å². The first-order chi connectivity index (χ1) is 6.29. The molecule has 2 atom stereocenters. The summed E-state index contributed by atoms with van der Waals surface area (Å²) < 4.78 is 0. The highest BCUT2D eigenvalue weighted by molar-refractivity contribution is 4.87. The molecule has 0 aromatic rings. The highest BCUT2D eigenvalue weighted by Crippen LogP contribution is 2.13. The van der Waals surface area contributed by atoms with Gasteiger partial charge in [0.05, 0.1) is 12.5 Å². The summed E-state index contributed by atoms with van der Waals surface area (Å²) in [6.07, 6.45) is 1.75. The normalized spacial score (nSPS) is 26.7. The molecule has 1 N–H and O–H groups in total. The van der Waals surface area contributed by atoms with Crippen molar-refractivity contribution in [1.29, 1.82) is 5.26 Å². The summed E-state index contributed by atoms with van der Waals surface area (Å²) in [6.45, 7) is 7.60. The van der Waals surface area contributed by atoms with E-state index in [0.29, 0.717) is 18.5 Å². The second kappa shape index (κ2) is 5.21. The maximum Gasteiger partial charge on any atom is 0.0638 e. The van der Waals surface area contributed by atoms with Crippen molar-refractivity contribution >= 4 is 0 Å². The number of nitrogens with one attached hydrogen (secondary N) is 1. The van der Waals surface area contributed by atoms with Crippen LogP contribution in [0.3, 0.4) is 0 Å². The molecule has 1 fully saturated rings. The summed E-state index contributed by atoms with van der Waals surface area (Å²) in [5.74, 6) is 0. The van der Waals surface area contributed by atoms with Crippen LogP contribution in [-0.4, -0.2) is 36.6 Å². The quantitative estimate of drug-likeness (QED) is 0.705. The second-order valence-corrected chi connectivity index (χ2v) is 3.72. The Morgan fingerprint density at radius 3 is 3.00 bits per heavy atom. The van der Waals surface area contributed by atoms with Crippen LogP contribution in [0, 0.1) is 11.3 Å². The highest BCUT2D eigenvalue weighted by Gasteiger charge is 2.24. The molecular formula is C10H19N3. The topological polar surface area (TPSA) is 39.1 Å². The van der Waals surface area contributed by atoms with Gasteiger partial charge in [0.2, 0.25) is 0 Å². The van der Waals surface area contributed by atoms with Gasteiger partial charge in [0.15, 0.2) is 0 Å². The Morgan fingerprint density at radius 1 is 1.69 bits per heavy atom. The van der Waals surface area contributed by atoms with E-state index >= 15 is 0 Å². The van der Waals surface area contributed by atoms with Gasteiger partial charge < -0.3 is 5.32 Å². The summed E-state index contributed by atoms with van der Waals surface area (Å²) in [6, 6.07) is 3.31. The third-order valence-corrected chi connectivity index (χ3v) is 2.82. The van der Waals surface area contributed by atoms with Crippen molar-refractivity contribution in [2.24, 2.45) is 0 Å². The lowest BCUT2D eigenvalue weighted by Gasteiger charge is -2.38. The molecule has 1 heterocycles. The Bertz CT molecular complexity index is 185. The molecule has 0 spiro atoms. The zero-order valence-corrected chi connectivity index (χ0v) is 8.58. The van der Waals surface area contributed by atoms with Crippen LogP contribution in [0.15, 0.2) is 0 Å². The van der Waals surface area contributed by atoms with Gasteiger partial charge >= 0.3 is 0 Å². The monoisotopic (exact) mass is 181 g/mol. The fourth-order valence-corrected chi connectivity index (χ4v) is 2.00. The van der Waals surface area contributed by atoms with Crippen LogP contribution in [0.2, 0.25) is 0 Å². The molecule has 0 bridgehead atoms. The van der Waals surface area contributed by atoms with Crippen molar-refractivity contribution in [3.05, 3.63) is 0 Å². The second-order valence-electron chi connectivity index (χ2n) is 3.72. The van der Waals surface area contributed by atoms with Crippen LogP contribution < -0.4 is 5.32 Å². The van der Waals surface area contributed by atoms with Gasteiger partial charge in [-0.05, 0) is 13.3 Å². The third kappa shape index (κ3) is 2.68. The molecule has 74 valence electrons. The van der Waals surface area contributed by atoms with E-state index in [4.69, 9.17) is 5.26 Å². The van der Waals surface area contributed by atoms with E-state index in [1.165, 1.54) is 0 Å². The maximum absolute atomic E-state index is 8.69. The molecule has 0 radical (unpaired) electrons. The molecule has 13 heavy (non-hydrogen) atoms. The fourth-order valence-electron chi connectivity index (χ4n) is 2.00. The minimum Gasteiger partial charge on any atom is -0.314 e. The van der Waals surface area contributed by atoms with Gasteiger partial charge in [-0.25, -0.2) is 0 Å². The molecule has 1 saturated heterocycles. The highest BCUT2D eigenvalue weighted by atomic mass is 15.2. The molecule has 1 aliphatic heterocycles. The summed E-state index contributed by atoms with van der Waals surface area (Å²) in [7, 11) is 0. The zero-order chi connectivity index (χ0) is 9.68. The summed E-state index contributed by atoms with van der Waals surface area (Å²) in [4.78, 5) is 2.46. The van der Waals surface area contributed by atoms with Crippen molar-refractivity contribution in [1.82, 2.24) is 10.2 Å². The van der Waals surface area contributed by atoms with E-state index in [-0.39, 0.29) is 0 Å². The van der Waals surface area contributed by atoms with Gasteiger partial charge in [-0.2, -0.15) is 5.26 Å². The summed E-state index contributed by atoms with van der Waals surface area (Å²) in [5, 5.41) is 12.1. The Morgan fingerprint density at radius 2 is 2.46 bits per heavy atom. The molecule has 1 aliphatic rings. The van der Waals surface area contributed by atoms with Gasteiger partial charge in [0, 0.05) is 31.7 Å². The average molecular weight is 181 g/mol. The minimum absolute atomic E-state index is 0.460. The molecule has 3 nitrogen and oxygen atoms in total. The number of nitriles is 1. The van der Waals surface area contributed by atoms with Crippen LogP contribution in [0.4, 0.5) is 0 Å². The van der Waals surface area contributed by atoms with E-state index < -0.39 is 0 Å². The molecular weight excluding hydrogens is 162 g/mol. The van der Waals surface area contributed by atoms with E-state index in [2.05, 4.69) is 30.1 Å². The largest absolute Gasteiger partial charge is 0.314 e. The average Bonchev–Trinajstić information content (AvgIpc) is 2.16. The molecule has 2 unspecified atom stereocenters. The number of hydrogen-bond donors (Lipinski definition) is 1. The van der Waals surface area contributed by atoms with Gasteiger partial charge in [0.25, 0.3) is 0 Å². The number of hydrogen-bond acceptors (Lipinski definition) is 3. The molecule has 1 rings (SSSR count). The van der Waals surface area contributed by atoms with E-state index in [1.807, 2.05) is 0 Å². The first-order valence-corrected chi connectivity index (χ1v) is 5.13.